The Hall–Kier alpha value is -1.66. The van der Waals surface area contributed by atoms with E-state index < -0.39 is 0 Å². The fourth-order valence-electron chi connectivity index (χ4n) is 1.39. The normalized spacial score (nSPS) is 10.2. The molecule has 100 valence electrons. The van der Waals surface area contributed by atoms with Gasteiger partial charge in [-0.15, -0.1) is 0 Å². The average molecular weight is 299 g/mol. The van der Waals surface area contributed by atoms with Crippen LogP contribution in [0.15, 0.2) is 25.0 Å². The summed E-state index contributed by atoms with van der Waals surface area (Å²) in [5, 5.41) is 7.27. The summed E-state index contributed by atoms with van der Waals surface area (Å²) in [5.74, 6) is 1.27. The molecule has 2 heterocycles. The number of hydrogen-bond acceptors (Lipinski definition) is 6. The number of aromatic nitrogens is 4. The molecule has 0 aliphatic rings. The van der Waals surface area contributed by atoms with E-state index in [4.69, 9.17) is 23.2 Å². The van der Waals surface area contributed by atoms with Crippen molar-refractivity contribution in [1.82, 2.24) is 19.9 Å². The summed E-state index contributed by atoms with van der Waals surface area (Å²) in [6.07, 6.45) is 6.87. The van der Waals surface area contributed by atoms with Gasteiger partial charge in [0, 0.05) is 13.1 Å². The van der Waals surface area contributed by atoms with E-state index in [0.717, 1.165) is 19.5 Å². The van der Waals surface area contributed by atoms with Crippen LogP contribution in [0.25, 0.3) is 0 Å². The van der Waals surface area contributed by atoms with Gasteiger partial charge in [-0.2, -0.15) is 0 Å². The minimum absolute atomic E-state index is 0.509. The first kappa shape index (κ1) is 13.8. The van der Waals surface area contributed by atoms with E-state index in [0.29, 0.717) is 21.7 Å². The smallest absolute Gasteiger partial charge is 0.148 e. The molecule has 8 heteroatoms. The molecular weight excluding hydrogens is 287 g/mol. The first-order chi connectivity index (χ1) is 9.27. The summed E-state index contributed by atoms with van der Waals surface area (Å²) in [6.45, 7) is 1.46. The van der Waals surface area contributed by atoms with E-state index in [1.165, 1.54) is 12.7 Å². The Labute approximate surface area is 120 Å². The number of halogens is 2. The van der Waals surface area contributed by atoms with Crippen molar-refractivity contribution in [2.45, 2.75) is 6.42 Å². The molecule has 19 heavy (non-hydrogen) atoms. The summed E-state index contributed by atoms with van der Waals surface area (Å²) in [7, 11) is 0. The molecule has 0 spiro atoms. The summed E-state index contributed by atoms with van der Waals surface area (Å²) in [6, 6.07) is 0. The lowest BCUT2D eigenvalue weighted by Gasteiger charge is -2.08. The zero-order chi connectivity index (χ0) is 13.5. The van der Waals surface area contributed by atoms with Crippen LogP contribution in [-0.4, -0.2) is 33.0 Å². The van der Waals surface area contributed by atoms with Crippen molar-refractivity contribution in [2.75, 3.05) is 23.7 Å². The molecule has 6 nitrogen and oxygen atoms in total. The number of rotatable bonds is 6. The Kier molecular flexibility index (Phi) is 5.11. The van der Waals surface area contributed by atoms with Crippen LogP contribution in [0.2, 0.25) is 10.0 Å². The third-order valence-electron chi connectivity index (χ3n) is 2.27. The van der Waals surface area contributed by atoms with Crippen molar-refractivity contribution in [1.29, 1.82) is 0 Å². The molecule has 0 radical (unpaired) electrons. The highest BCUT2D eigenvalue weighted by molar-refractivity contribution is 6.33. The van der Waals surface area contributed by atoms with Gasteiger partial charge in [-0.05, 0) is 6.42 Å². The standard InChI is InChI=1S/C11H12Cl2N6/c12-8-4-14-6-18-10(8)16-2-1-3-17-11-9(13)5-15-7-19-11/h4-7H,1-3H2,(H,14,16,18)(H,15,17,19). The number of hydrogen-bond donors (Lipinski definition) is 2. The Morgan fingerprint density at radius 2 is 1.32 bits per heavy atom. The van der Waals surface area contributed by atoms with Gasteiger partial charge in [-0.25, -0.2) is 19.9 Å². The van der Waals surface area contributed by atoms with Gasteiger partial charge >= 0.3 is 0 Å². The Bertz CT molecular complexity index is 489. The Morgan fingerprint density at radius 1 is 0.842 bits per heavy atom. The maximum absolute atomic E-state index is 5.92. The van der Waals surface area contributed by atoms with Gasteiger partial charge < -0.3 is 10.6 Å². The molecule has 2 aromatic rings. The molecular formula is C11H12Cl2N6. The number of nitrogens with zero attached hydrogens (tertiary/aromatic N) is 4. The molecule has 0 aliphatic carbocycles. The first-order valence-electron chi connectivity index (χ1n) is 5.66. The number of nitrogens with one attached hydrogen (secondary N) is 2. The van der Waals surface area contributed by atoms with Gasteiger partial charge in [0.15, 0.2) is 0 Å². The molecule has 0 fully saturated rings. The van der Waals surface area contributed by atoms with Gasteiger partial charge in [-0.3, -0.25) is 0 Å². The summed E-state index contributed by atoms with van der Waals surface area (Å²) >= 11 is 11.8. The van der Waals surface area contributed by atoms with Crippen LogP contribution in [-0.2, 0) is 0 Å². The molecule has 0 atom stereocenters. The van der Waals surface area contributed by atoms with E-state index in [-0.39, 0.29) is 0 Å². The summed E-state index contributed by atoms with van der Waals surface area (Å²) in [4.78, 5) is 15.7. The van der Waals surface area contributed by atoms with Crippen molar-refractivity contribution in [3.8, 4) is 0 Å². The van der Waals surface area contributed by atoms with Crippen LogP contribution in [0.3, 0.4) is 0 Å². The van der Waals surface area contributed by atoms with Crippen LogP contribution in [0, 0.1) is 0 Å². The van der Waals surface area contributed by atoms with E-state index in [1.807, 2.05) is 0 Å². The van der Waals surface area contributed by atoms with Crippen LogP contribution in [0.5, 0.6) is 0 Å². The molecule has 0 aliphatic heterocycles. The zero-order valence-corrected chi connectivity index (χ0v) is 11.5. The highest BCUT2D eigenvalue weighted by Gasteiger charge is 2.01. The van der Waals surface area contributed by atoms with Crippen molar-refractivity contribution in [2.24, 2.45) is 0 Å². The van der Waals surface area contributed by atoms with E-state index in [9.17, 15) is 0 Å². The largest absolute Gasteiger partial charge is 0.369 e. The fraction of sp³-hybridized carbons (Fsp3) is 0.273. The second-order valence-corrected chi connectivity index (χ2v) is 4.46. The second-order valence-electron chi connectivity index (χ2n) is 3.65. The quantitative estimate of drug-likeness (QED) is 0.798. The van der Waals surface area contributed by atoms with E-state index in [2.05, 4.69) is 30.6 Å². The molecule has 0 aromatic carbocycles. The van der Waals surface area contributed by atoms with Crippen LogP contribution < -0.4 is 10.6 Å². The van der Waals surface area contributed by atoms with Gasteiger partial charge in [0.25, 0.3) is 0 Å². The predicted molar refractivity (Wildman–Crippen MR) is 75.7 cm³/mol. The van der Waals surface area contributed by atoms with Crippen molar-refractivity contribution in [3.05, 3.63) is 35.1 Å². The molecule has 2 N–H and O–H groups in total. The maximum atomic E-state index is 5.92. The summed E-state index contributed by atoms with van der Waals surface area (Å²) < 4.78 is 0. The molecule has 0 saturated heterocycles. The van der Waals surface area contributed by atoms with Crippen molar-refractivity contribution in [3.63, 3.8) is 0 Å². The lowest BCUT2D eigenvalue weighted by Crippen LogP contribution is -2.11. The SMILES string of the molecule is Clc1cncnc1NCCCNc1ncncc1Cl. The molecule has 0 bridgehead atoms. The van der Waals surface area contributed by atoms with Crippen molar-refractivity contribution < 1.29 is 0 Å². The lowest BCUT2D eigenvalue weighted by atomic mass is 10.4. The van der Waals surface area contributed by atoms with Crippen LogP contribution >= 0.6 is 23.2 Å². The number of anilines is 2. The Balaban J connectivity index is 1.71. The van der Waals surface area contributed by atoms with Gasteiger partial charge in [0.05, 0.1) is 12.4 Å². The predicted octanol–water partition coefficient (Wildman–Crippen LogP) is 2.49. The third-order valence-corrected chi connectivity index (χ3v) is 2.83. The van der Waals surface area contributed by atoms with Crippen molar-refractivity contribution >= 4 is 34.8 Å². The van der Waals surface area contributed by atoms with Gasteiger partial charge in [0.1, 0.15) is 34.3 Å². The maximum Gasteiger partial charge on any atom is 0.148 e. The molecule has 2 aromatic heterocycles. The lowest BCUT2D eigenvalue weighted by molar-refractivity contribution is 0.895. The zero-order valence-electron chi connectivity index (χ0n) is 9.98. The molecule has 0 saturated carbocycles. The average Bonchev–Trinajstić information content (AvgIpc) is 2.42. The fourth-order valence-corrected chi connectivity index (χ4v) is 1.73. The topological polar surface area (TPSA) is 75.6 Å². The monoisotopic (exact) mass is 298 g/mol. The van der Waals surface area contributed by atoms with Gasteiger partial charge in [-0.1, -0.05) is 23.2 Å². The minimum Gasteiger partial charge on any atom is -0.369 e. The minimum atomic E-state index is 0.509. The summed E-state index contributed by atoms with van der Waals surface area (Å²) in [5.41, 5.74) is 0. The second kappa shape index (κ2) is 7.06. The Morgan fingerprint density at radius 3 is 1.74 bits per heavy atom. The third kappa shape index (κ3) is 4.18. The highest BCUT2D eigenvalue weighted by atomic mass is 35.5. The highest BCUT2D eigenvalue weighted by Crippen LogP contribution is 2.17. The van der Waals surface area contributed by atoms with Gasteiger partial charge in [0.2, 0.25) is 0 Å². The van der Waals surface area contributed by atoms with Crippen LogP contribution in [0.1, 0.15) is 6.42 Å². The van der Waals surface area contributed by atoms with Crippen LogP contribution in [0.4, 0.5) is 11.6 Å². The molecule has 0 amide bonds. The van der Waals surface area contributed by atoms with E-state index in [1.54, 1.807) is 12.4 Å². The van der Waals surface area contributed by atoms with E-state index >= 15 is 0 Å². The first-order valence-corrected chi connectivity index (χ1v) is 6.41. The molecule has 0 unspecified atom stereocenters. The molecule has 2 rings (SSSR count).